The van der Waals surface area contributed by atoms with Gasteiger partial charge in [-0.05, 0) is 12.1 Å². The summed E-state index contributed by atoms with van der Waals surface area (Å²) in [5.74, 6) is 0. The molecule has 0 fully saturated rings. The van der Waals surface area contributed by atoms with E-state index < -0.39 is 6.80 Å². The van der Waals surface area contributed by atoms with Crippen molar-refractivity contribution in [1.29, 1.82) is 0 Å². The highest BCUT2D eigenvalue weighted by Crippen LogP contribution is 2.49. The van der Waals surface area contributed by atoms with E-state index in [0.717, 1.165) is 0 Å². The Balaban J connectivity index is 2.50. The molecule has 0 aliphatic heterocycles. The lowest BCUT2D eigenvalue weighted by molar-refractivity contribution is 0.397. The van der Waals surface area contributed by atoms with Crippen LogP contribution in [0.15, 0.2) is 30.3 Å². The summed E-state index contributed by atoms with van der Waals surface area (Å²) in [6.45, 7) is -4.03. The number of rotatable bonds is 3. The van der Waals surface area contributed by atoms with Crippen LogP contribution in [0, 0.1) is 0 Å². The molecule has 0 spiro atoms. The Morgan fingerprint density at radius 1 is 1.25 bits per heavy atom. The van der Waals surface area contributed by atoms with E-state index in [1.54, 1.807) is 24.3 Å². The molecule has 3 N–H and O–H groups in total. The van der Waals surface area contributed by atoms with E-state index in [4.69, 9.17) is 9.79 Å². The molecule has 1 aromatic rings. The van der Waals surface area contributed by atoms with Gasteiger partial charge in [0.05, 0.1) is 11.6 Å². The second-order valence-electron chi connectivity index (χ2n) is 2.05. The number of nitrogens with one attached hydrogen (secondary N) is 1. The first kappa shape index (κ1) is 9.61. The standard InChI is InChI=1S/C6H8NO3PS/c8-11(9,10)12-7-6-4-2-1-3-5-6/h1-5,7H,(H2,8,9,10). The fraction of sp³-hybridized carbons (Fsp3) is 0. The molecular formula is C6H8NO3PS. The van der Waals surface area contributed by atoms with Gasteiger partial charge in [-0.25, -0.2) is 4.57 Å². The number of para-hydroxylation sites is 1. The molecule has 0 aliphatic carbocycles. The Bertz CT molecular complexity index is 286. The number of benzene rings is 1. The van der Waals surface area contributed by atoms with Gasteiger partial charge in [0.25, 0.3) is 0 Å². The minimum absolute atomic E-state index is 0.403. The molecule has 4 nitrogen and oxygen atoms in total. The van der Waals surface area contributed by atoms with Crippen LogP contribution in [0.5, 0.6) is 0 Å². The number of hydrogen-bond acceptors (Lipinski definition) is 3. The normalized spacial score (nSPS) is 11.2. The Morgan fingerprint density at radius 3 is 2.33 bits per heavy atom. The van der Waals surface area contributed by atoms with Crippen molar-refractivity contribution in [3.05, 3.63) is 30.3 Å². The molecule has 0 heterocycles. The lowest BCUT2D eigenvalue weighted by Crippen LogP contribution is -1.84. The maximum absolute atomic E-state index is 10.4. The Morgan fingerprint density at radius 2 is 1.83 bits per heavy atom. The zero-order valence-electron chi connectivity index (χ0n) is 6.04. The SMILES string of the molecule is O=P(O)(O)SNc1ccccc1. The predicted molar refractivity (Wildman–Crippen MR) is 49.7 cm³/mol. The molecule has 0 amide bonds. The average molecular weight is 205 g/mol. The number of hydrogen-bond donors (Lipinski definition) is 3. The van der Waals surface area contributed by atoms with Crippen molar-refractivity contribution >= 4 is 24.1 Å². The molecule has 0 aromatic heterocycles. The monoisotopic (exact) mass is 205 g/mol. The zero-order valence-corrected chi connectivity index (χ0v) is 7.76. The van der Waals surface area contributed by atoms with Gasteiger partial charge < -0.3 is 14.5 Å². The van der Waals surface area contributed by atoms with Gasteiger partial charge in [0, 0.05) is 5.69 Å². The first-order chi connectivity index (χ1) is 5.58. The van der Waals surface area contributed by atoms with Gasteiger partial charge in [0.2, 0.25) is 0 Å². The first-order valence-corrected chi connectivity index (χ1v) is 6.16. The predicted octanol–water partition coefficient (Wildman–Crippen LogP) is 1.84. The van der Waals surface area contributed by atoms with Crippen molar-refractivity contribution in [2.75, 3.05) is 4.72 Å². The van der Waals surface area contributed by atoms with Crippen molar-refractivity contribution < 1.29 is 14.4 Å². The molecule has 1 aromatic carbocycles. The highest BCUT2D eigenvalue weighted by molar-refractivity contribution is 8.55. The third-order valence-corrected chi connectivity index (χ3v) is 2.61. The van der Waals surface area contributed by atoms with E-state index in [1.165, 1.54) is 0 Å². The molecule has 0 unspecified atom stereocenters. The van der Waals surface area contributed by atoms with Crippen molar-refractivity contribution in [3.8, 4) is 0 Å². The van der Waals surface area contributed by atoms with Gasteiger partial charge in [-0.3, -0.25) is 0 Å². The van der Waals surface area contributed by atoms with Gasteiger partial charge in [-0.2, -0.15) is 0 Å². The van der Waals surface area contributed by atoms with Crippen LogP contribution in [0.25, 0.3) is 0 Å². The van der Waals surface area contributed by atoms with E-state index >= 15 is 0 Å². The maximum Gasteiger partial charge on any atom is 0.404 e. The summed E-state index contributed by atoms with van der Waals surface area (Å²) in [6, 6.07) is 8.84. The molecule has 66 valence electrons. The van der Waals surface area contributed by atoms with Crippen LogP contribution in [0.3, 0.4) is 0 Å². The van der Waals surface area contributed by atoms with Crippen LogP contribution in [0.2, 0.25) is 0 Å². The highest BCUT2D eigenvalue weighted by atomic mass is 32.7. The fourth-order valence-corrected chi connectivity index (χ4v) is 1.65. The highest BCUT2D eigenvalue weighted by Gasteiger charge is 2.13. The second kappa shape index (κ2) is 3.96. The smallest absolute Gasteiger partial charge is 0.320 e. The summed E-state index contributed by atoms with van der Waals surface area (Å²) in [6.07, 6.45) is 0. The lowest BCUT2D eigenvalue weighted by Gasteiger charge is -2.04. The molecule has 0 saturated carbocycles. The van der Waals surface area contributed by atoms with Gasteiger partial charge in [0.1, 0.15) is 0 Å². The van der Waals surface area contributed by atoms with Gasteiger partial charge >= 0.3 is 6.80 Å². The third kappa shape index (κ3) is 3.78. The van der Waals surface area contributed by atoms with Crippen molar-refractivity contribution in [1.82, 2.24) is 0 Å². The van der Waals surface area contributed by atoms with Crippen LogP contribution >= 0.6 is 18.4 Å². The summed E-state index contributed by atoms with van der Waals surface area (Å²) in [4.78, 5) is 17.0. The van der Waals surface area contributed by atoms with Crippen molar-refractivity contribution in [2.45, 2.75) is 0 Å². The van der Waals surface area contributed by atoms with E-state index in [1.807, 2.05) is 6.07 Å². The van der Waals surface area contributed by atoms with Crippen LogP contribution in [0.1, 0.15) is 0 Å². The fourth-order valence-electron chi connectivity index (χ4n) is 0.618. The molecule has 6 heteroatoms. The van der Waals surface area contributed by atoms with Crippen LogP contribution in [0.4, 0.5) is 5.69 Å². The topological polar surface area (TPSA) is 69.6 Å². The quantitative estimate of drug-likeness (QED) is 0.518. The second-order valence-corrected chi connectivity index (χ2v) is 5.39. The zero-order chi connectivity index (χ0) is 9.03. The molecule has 0 bridgehead atoms. The maximum atomic E-state index is 10.4. The summed E-state index contributed by atoms with van der Waals surface area (Å²) < 4.78 is 12.9. The Hall–Kier alpha value is -0.480. The van der Waals surface area contributed by atoms with E-state index in [0.29, 0.717) is 17.3 Å². The minimum atomic E-state index is -4.03. The largest absolute Gasteiger partial charge is 0.404 e. The summed E-state index contributed by atoms with van der Waals surface area (Å²) in [7, 11) is 0. The summed E-state index contributed by atoms with van der Waals surface area (Å²) in [5.41, 5.74) is 0.672. The first-order valence-electron chi connectivity index (χ1n) is 3.13. The van der Waals surface area contributed by atoms with E-state index in [-0.39, 0.29) is 0 Å². The van der Waals surface area contributed by atoms with Crippen LogP contribution in [-0.4, -0.2) is 9.79 Å². The minimum Gasteiger partial charge on any atom is -0.320 e. The van der Waals surface area contributed by atoms with Crippen molar-refractivity contribution in [2.24, 2.45) is 0 Å². The van der Waals surface area contributed by atoms with Gasteiger partial charge in [0.15, 0.2) is 0 Å². The van der Waals surface area contributed by atoms with E-state index in [9.17, 15) is 4.57 Å². The Labute approximate surface area is 74.0 Å². The van der Waals surface area contributed by atoms with Crippen molar-refractivity contribution in [3.63, 3.8) is 0 Å². The van der Waals surface area contributed by atoms with Crippen LogP contribution < -0.4 is 4.72 Å². The third-order valence-electron chi connectivity index (χ3n) is 1.06. The molecular weight excluding hydrogens is 197 g/mol. The van der Waals surface area contributed by atoms with Crippen LogP contribution in [-0.2, 0) is 4.57 Å². The van der Waals surface area contributed by atoms with Gasteiger partial charge in [-0.1, -0.05) is 18.2 Å². The molecule has 1 rings (SSSR count). The van der Waals surface area contributed by atoms with E-state index in [2.05, 4.69) is 4.72 Å². The molecule has 0 radical (unpaired) electrons. The lowest BCUT2D eigenvalue weighted by atomic mass is 10.3. The summed E-state index contributed by atoms with van der Waals surface area (Å²) in [5, 5.41) is 0. The number of anilines is 1. The molecule has 12 heavy (non-hydrogen) atoms. The Kier molecular flexibility index (Phi) is 3.17. The molecule has 0 saturated heterocycles. The van der Waals surface area contributed by atoms with Gasteiger partial charge in [-0.15, -0.1) is 0 Å². The molecule has 0 atom stereocenters. The molecule has 0 aliphatic rings. The average Bonchev–Trinajstić information content (AvgIpc) is 2.02. The summed E-state index contributed by atoms with van der Waals surface area (Å²) >= 11 is 0.403.